The van der Waals surface area contributed by atoms with Gasteiger partial charge in [0.25, 0.3) is 0 Å². The van der Waals surface area contributed by atoms with Gasteiger partial charge < -0.3 is 5.32 Å². The van der Waals surface area contributed by atoms with Gasteiger partial charge in [0.15, 0.2) is 0 Å². The minimum atomic E-state index is 0.631. The Bertz CT molecular complexity index is 613. The number of fused-ring (bicyclic) bond motifs is 1. The Labute approximate surface area is 153 Å². The van der Waals surface area contributed by atoms with Crippen LogP contribution in [0.5, 0.6) is 0 Å². The van der Waals surface area contributed by atoms with Crippen molar-refractivity contribution < 1.29 is 0 Å². The lowest BCUT2D eigenvalue weighted by Crippen LogP contribution is -2.41. The van der Waals surface area contributed by atoms with Crippen LogP contribution in [0.15, 0.2) is 54.6 Å². The first-order valence-corrected chi connectivity index (χ1v) is 9.96. The maximum absolute atomic E-state index is 3.84. The molecule has 2 aliphatic rings. The van der Waals surface area contributed by atoms with Crippen LogP contribution in [0.2, 0.25) is 0 Å². The van der Waals surface area contributed by atoms with Crippen LogP contribution in [0.3, 0.4) is 0 Å². The van der Waals surface area contributed by atoms with Crippen LogP contribution < -0.4 is 5.32 Å². The van der Waals surface area contributed by atoms with Gasteiger partial charge >= 0.3 is 0 Å². The molecule has 1 heterocycles. The summed E-state index contributed by atoms with van der Waals surface area (Å²) >= 11 is 0. The third-order valence-corrected chi connectivity index (χ3v) is 5.42. The van der Waals surface area contributed by atoms with Crippen molar-refractivity contribution in [1.82, 2.24) is 10.2 Å². The molecule has 4 rings (SSSR count). The van der Waals surface area contributed by atoms with Crippen LogP contribution in [0.4, 0.5) is 0 Å². The highest BCUT2D eigenvalue weighted by molar-refractivity contribution is 5.33. The number of likely N-dealkylation sites (tertiary alicyclic amines) is 1. The fraction of sp³-hybridized carbons (Fsp3) is 0.478. The molecule has 1 aliphatic heterocycles. The summed E-state index contributed by atoms with van der Waals surface area (Å²) in [6.07, 6.45) is 5.06. The molecule has 1 fully saturated rings. The summed E-state index contributed by atoms with van der Waals surface area (Å²) in [6, 6.07) is 21.1. The van der Waals surface area contributed by atoms with Crippen molar-refractivity contribution in [3.05, 3.63) is 71.3 Å². The van der Waals surface area contributed by atoms with Gasteiger partial charge in [0, 0.05) is 25.2 Å². The summed E-state index contributed by atoms with van der Waals surface area (Å²) in [7, 11) is 0. The van der Waals surface area contributed by atoms with Gasteiger partial charge in [0.1, 0.15) is 0 Å². The van der Waals surface area contributed by atoms with Crippen molar-refractivity contribution in [2.75, 3.05) is 13.1 Å². The summed E-state index contributed by atoms with van der Waals surface area (Å²) in [6.45, 7) is 7.47. The van der Waals surface area contributed by atoms with E-state index in [0.717, 1.165) is 13.1 Å². The van der Waals surface area contributed by atoms with Gasteiger partial charge in [0.05, 0.1) is 0 Å². The second-order valence-electron chi connectivity index (χ2n) is 7.03. The third kappa shape index (κ3) is 4.71. The Morgan fingerprint density at radius 2 is 1.56 bits per heavy atom. The zero-order valence-electron chi connectivity index (χ0n) is 15.7. The van der Waals surface area contributed by atoms with Gasteiger partial charge in [0.2, 0.25) is 0 Å². The molecule has 1 aliphatic carbocycles. The molecule has 2 nitrogen and oxygen atoms in total. The molecule has 0 spiro atoms. The lowest BCUT2D eigenvalue weighted by molar-refractivity contribution is 0.234. The zero-order valence-corrected chi connectivity index (χ0v) is 15.7. The summed E-state index contributed by atoms with van der Waals surface area (Å²) in [4.78, 5) is 2.66. The van der Waals surface area contributed by atoms with Gasteiger partial charge in [-0.25, -0.2) is 0 Å². The maximum Gasteiger partial charge on any atom is 0.0237 e. The minimum Gasteiger partial charge on any atom is -0.312 e. The van der Waals surface area contributed by atoms with Crippen LogP contribution in [-0.4, -0.2) is 30.1 Å². The van der Waals surface area contributed by atoms with Crippen molar-refractivity contribution in [1.29, 1.82) is 0 Å². The molecule has 2 aromatic rings. The van der Waals surface area contributed by atoms with E-state index in [1.807, 2.05) is 13.8 Å². The van der Waals surface area contributed by atoms with Crippen LogP contribution in [0, 0.1) is 0 Å². The molecular formula is C23H32N2. The predicted molar refractivity (Wildman–Crippen MR) is 107 cm³/mol. The van der Waals surface area contributed by atoms with E-state index in [-0.39, 0.29) is 0 Å². The summed E-state index contributed by atoms with van der Waals surface area (Å²) in [5.41, 5.74) is 4.52. The van der Waals surface area contributed by atoms with E-state index in [1.165, 1.54) is 48.9 Å². The molecule has 0 saturated carbocycles. The molecule has 0 bridgehead atoms. The minimum absolute atomic E-state index is 0.631. The van der Waals surface area contributed by atoms with Gasteiger partial charge in [-0.3, -0.25) is 4.90 Å². The van der Waals surface area contributed by atoms with Crippen LogP contribution >= 0.6 is 0 Å². The van der Waals surface area contributed by atoms with E-state index in [1.54, 1.807) is 0 Å². The Kier molecular flexibility index (Phi) is 6.66. The van der Waals surface area contributed by atoms with Gasteiger partial charge in [-0.15, -0.1) is 0 Å². The first-order valence-electron chi connectivity index (χ1n) is 9.96. The monoisotopic (exact) mass is 336 g/mol. The van der Waals surface area contributed by atoms with E-state index in [9.17, 15) is 0 Å². The molecular weight excluding hydrogens is 304 g/mol. The average Bonchev–Trinajstić information content (AvgIpc) is 3.28. The first-order chi connectivity index (χ1) is 12.4. The van der Waals surface area contributed by atoms with Gasteiger partial charge in [-0.1, -0.05) is 68.4 Å². The Balaban J connectivity index is 0.000000880. The molecule has 0 radical (unpaired) electrons. The number of hydrogen-bond donors (Lipinski definition) is 1. The normalized spacial score (nSPS) is 20.2. The van der Waals surface area contributed by atoms with Gasteiger partial charge in [-0.2, -0.15) is 0 Å². The predicted octanol–water partition coefficient (Wildman–Crippen LogP) is 4.43. The van der Waals surface area contributed by atoms with Crippen LogP contribution in [0.25, 0.3) is 0 Å². The number of nitrogens with zero attached hydrogens (tertiary/aromatic N) is 1. The fourth-order valence-electron chi connectivity index (χ4n) is 4.16. The second kappa shape index (κ2) is 9.17. The van der Waals surface area contributed by atoms with Crippen LogP contribution in [-0.2, 0) is 19.4 Å². The van der Waals surface area contributed by atoms with Crippen LogP contribution in [0.1, 0.15) is 43.4 Å². The Hall–Kier alpha value is -1.64. The zero-order chi connectivity index (χ0) is 17.5. The topological polar surface area (TPSA) is 15.3 Å². The summed E-state index contributed by atoms with van der Waals surface area (Å²) in [5, 5.41) is 3.84. The maximum atomic E-state index is 3.84. The molecule has 2 heteroatoms. The van der Waals surface area contributed by atoms with Gasteiger partial charge in [-0.05, 0) is 48.9 Å². The number of nitrogens with one attached hydrogen (secondary N) is 1. The Morgan fingerprint density at radius 1 is 0.920 bits per heavy atom. The van der Waals surface area contributed by atoms with E-state index >= 15 is 0 Å². The van der Waals surface area contributed by atoms with Crippen molar-refractivity contribution in [3.63, 3.8) is 0 Å². The van der Waals surface area contributed by atoms with E-state index < -0.39 is 0 Å². The smallest absolute Gasteiger partial charge is 0.0237 e. The number of rotatable bonds is 5. The first kappa shape index (κ1) is 18.2. The molecule has 1 saturated heterocycles. The number of hydrogen-bond acceptors (Lipinski definition) is 2. The number of benzene rings is 2. The third-order valence-electron chi connectivity index (χ3n) is 5.42. The lowest BCUT2D eigenvalue weighted by atomic mass is 10.1. The SMILES string of the molecule is CC.c1ccc(CN2CCCC2CNC2Cc3ccccc3C2)cc1. The highest BCUT2D eigenvalue weighted by Crippen LogP contribution is 2.23. The highest BCUT2D eigenvalue weighted by Gasteiger charge is 2.26. The molecule has 1 atom stereocenters. The van der Waals surface area contributed by atoms with Crippen molar-refractivity contribution in [2.24, 2.45) is 0 Å². The molecule has 0 aromatic heterocycles. The molecule has 1 unspecified atom stereocenters. The molecule has 134 valence electrons. The van der Waals surface area contributed by atoms with Crippen molar-refractivity contribution in [3.8, 4) is 0 Å². The summed E-state index contributed by atoms with van der Waals surface area (Å²) < 4.78 is 0. The fourth-order valence-corrected chi connectivity index (χ4v) is 4.16. The van der Waals surface area contributed by atoms with Crippen molar-refractivity contribution >= 4 is 0 Å². The average molecular weight is 337 g/mol. The molecule has 25 heavy (non-hydrogen) atoms. The molecule has 0 amide bonds. The van der Waals surface area contributed by atoms with Crippen molar-refractivity contribution in [2.45, 2.75) is 58.2 Å². The quantitative estimate of drug-likeness (QED) is 0.869. The summed E-state index contributed by atoms with van der Waals surface area (Å²) in [5.74, 6) is 0. The van der Waals surface area contributed by atoms with E-state index in [2.05, 4.69) is 64.8 Å². The lowest BCUT2D eigenvalue weighted by Gasteiger charge is -2.26. The molecule has 1 N–H and O–H groups in total. The standard InChI is InChI=1S/C21H26N2.C2H6/c1-2-7-17(8-3-1)16-23-12-6-11-21(23)15-22-20-13-18-9-4-5-10-19(18)14-20;1-2/h1-5,7-10,20-22H,6,11-16H2;1-2H3. The van der Waals surface area contributed by atoms with E-state index in [0.29, 0.717) is 12.1 Å². The second-order valence-corrected chi connectivity index (χ2v) is 7.03. The highest BCUT2D eigenvalue weighted by atomic mass is 15.2. The molecule has 2 aromatic carbocycles. The largest absolute Gasteiger partial charge is 0.312 e. The Morgan fingerprint density at radius 3 is 2.24 bits per heavy atom. The van der Waals surface area contributed by atoms with E-state index in [4.69, 9.17) is 0 Å².